The summed E-state index contributed by atoms with van der Waals surface area (Å²) in [5, 5.41) is 2.97. The Bertz CT molecular complexity index is 397. The Labute approximate surface area is 109 Å². The van der Waals surface area contributed by atoms with Crippen molar-refractivity contribution in [3.8, 4) is 0 Å². The molecule has 0 aliphatic carbocycles. The fourth-order valence-electron chi connectivity index (χ4n) is 2.00. The van der Waals surface area contributed by atoms with Crippen molar-refractivity contribution in [3.63, 3.8) is 0 Å². The maximum absolute atomic E-state index is 12.0. The molecule has 0 bridgehead atoms. The Morgan fingerprint density at radius 1 is 1.71 bits per heavy atom. The van der Waals surface area contributed by atoms with Crippen LogP contribution < -0.4 is 5.32 Å². The highest BCUT2D eigenvalue weighted by molar-refractivity contribution is 9.10. The summed E-state index contributed by atoms with van der Waals surface area (Å²) in [5.74, 6) is 0.455. The van der Waals surface area contributed by atoms with Crippen LogP contribution in [0.25, 0.3) is 0 Å². The normalized spacial score (nSPS) is 19.5. The molecule has 17 heavy (non-hydrogen) atoms. The van der Waals surface area contributed by atoms with Crippen LogP contribution in [-0.4, -0.2) is 30.2 Å². The summed E-state index contributed by atoms with van der Waals surface area (Å²) in [7, 11) is 0. The summed E-state index contributed by atoms with van der Waals surface area (Å²) >= 11 is 3.39. The number of hydrogen-bond acceptors (Lipinski definition) is 2. The van der Waals surface area contributed by atoms with Crippen LogP contribution in [0.5, 0.6) is 0 Å². The number of nitrogens with zero attached hydrogens (tertiary/aromatic N) is 1. The SMILES string of the molecule is CCn1cc(Br)cc1C(=O)NCC1CCOC1. The molecule has 1 aliphatic rings. The standard InChI is InChI=1S/C12H17BrN2O2/c1-2-15-7-10(13)5-11(15)12(16)14-6-9-3-4-17-8-9/h5,7,9H,2-4,6,8H2,1H3,(H,14,16). The van der Waals surface area contributed by atoms with Crippen molar-refractivity contribution in [3.05, 3.63) is 22.4 Å². The molecule has 1 N–H and O–H groups in total. The highest BCUT2D eigenvalue weighted by atomic mass is 79.9. The van der Waals surface area contributed by atoms with Crippen LogP contribution in [0.2, 0.25) is 0 Å². The van der Waals surface area contributed by atoms with Gasteiger partial charge in [-0.3, -0.25) is 4.79 Å². The first-order chi connectivity index (χ1) is 8.20. The zero-order chi connectivity index (χ0) is 12.3. The first kappa shape index (κ1) is 12.6. The van der Waals surface area contributed by atoms with E-state index in [2.05, 4.69) is 21.2 Å². The highest BCUT2D eigenvalue weighted by Gasteiger charge is 2.18. The van der Waals surface area contributed by atoms with Crippen molar-refractivity contribution in [2.24, 2.45) is 5.92 Å². The second kappa shape index (κ2) is 5.69. The van der Waals surface area contributed by atoms with Crippen LogP contribution in [0.4, 0.5) is 0 Å². The number of aryl methyl sites for hydroxylation is 1. The molecule has 0 saturated carbocycles. The number of carbonyl (C=O) groups is 1. The molecule has 0 radical (unpaired) electrons. The molecule has 0 aromatic carbocycles. The molecule has 1 atom stereocenters. The lowest BCUT2D eigenvalue weighted by atomic mass is 10.1. The first-order valence-corrected chi connectivity index (χ1v) is 6.71. The zero-order valence-electron chi connectivity index (χ0n) is 9.91. The van der Waals surface area contributed by atoms with Gasteiger partial charge in [0.1, 0.15) is 5.69 Å². The Morgan fingerprint density at radius 3 is 3.18 bits per heavy atom. The lowest BCUT2D eigenvalue weighted by molar-refractivity contribution is 0.0936. The van der Waals surface area contributed by atoms with Gasteiger partial charge in [0.05, 0.1) is 6.61 Å². The van der Waals surface area contributed by atoms with E-state index in [1.807, 2.05) is 23.8 Å². The van der Waals surface area contributed by atoms with E-state index >= 15 is 0 Å². The number of ether oxygens (including phenoxy) is 1. The van der Waals surface area contributed by atoms with Crippen molar-refractivity contribution in [2.75, 3.05) is 19.8 Å². The molecule has 94 valence electrons. The van der Waals surface area contributed by atoms with Gasteiger partial charge in [-0.25, -0.2) is 0 Å². The number of rotatable bonds is 4. The topological polar surface area (TPSA) is 43.3 Å². The smallest absolute Gasteiger partial charge is 0.267 e. The van der Waals surface area contributed by atoms with Gasteiger partial charge in [0.2, 0.25) is 0 Å². The van der Waals surface area contributed by atoms with Crippen LogP contribution >= 0.6 is 15.9 Å². The fraction of sp³-hybridized carbons (Fsp3) is 0.583. The third-order valence-corrected chi connectivity index (χ3v) is 3.45. The first-order valence-electron chi connectivity index (χ1n) is 5.92. The summed E-state index contributed by atoms with van der Waals surface area (Å²) in [6.07, 6.45) is 2.96. The Balaban J connectivity index is 1.93. The van der Waals surface area contributed by atoms with Crippen LogP contribution in [0, 0.1) is 5.92 Å². The molecule has 5 heteroatoms. The summed E-state index contributed by atoms with van der Waals surface area (Å²) in [6, 6.07) is 1.85. The number of amides is 1. The van der Waals surface area contributed by atoms with Crippen molar-refractivity contribution in [2.45, 2.75) is 19.9 Å². The Hall–Kier alpha value is -0.810. The van der Waals surface area contributed by atoms with E-state index in [1.54, 1.807) is 0 Å². The van der Waals surface area contributed by atoms with Crippen LogP contribution in [0.1, 0.15) is 23.8 Å². The van der Waals surface area contributed by atoms with E-state index in [0.29, 0.717) is 18.2 Å². The molecule has 1 fully saturated rings. The minimum Gasteiger partial charge on any atom is -0.381 e. The third-order valence-electron chi connectivity index (χ3n) is 3.01. The molecule has 1 unspecified atom stereocenters. The average Bonchev–Trinajstić information content (AvgIpc) is 2.94. The minimum atomic E-state index is -0.00977. The second-order valence-corrected chi connectivity index (χ2v) is 5.18. The quantitative estimate of drug-likeness (QED) is 0.925. The van der Waals surface area contributed by atoms with Crippen LogP contribution in [-0.2, 0) is 11.3 Å². The molecule has 0 spiro atoms. The van der Waals surface area contributed by atoms with Crippen molar-refractivity contribution in [1.29, 1.82) is 0 Å². The van der Waals surface area contributed by atoms with Gasteiger partial charge in [-0.15, -0.1) is 0 Å². The van der Waals surface area contributed by atoms with Crippen LogP contribution in [0.3, 0.4) is 0 Å². The number of halogens is 1. The zero-order valence-corrected chi connectivity index (χ0v) is 11.5. The molecule has 1 aromatic rings. The van der Waals surface area contributed by atoms with E-state index in [9.17, 15) is 4.79 Å². The molecule has 1 aromatic heterocycles. The summed E-state index contributed by atoms with van der Waals surface area (Å²) in [5.41, 5.74) is 0.707. The monoisotopic (exact) mass is 300 g/mol. The summed E-state index contributed by atoms with van der Waals surface area (Å²) in [4.78, 5) is 12.0. The van der Waals surface area contributed by atoms with Gasteiger partial charge < -0.3 is 14.6 Å². The molecule has 1 saturated heterocycles. The second-order valence-electron chi connectivity index (χ2n) is 4.27. The van der Waals surface area contributed by atoms with Crippen LogP contribution in [0.15, 0.2) is 16.7 Å². The van der Waals surface area contributed by atoms with Gasteiger partial charge >= 0.3 is 0 Å². The average molecular weight is 301 g/mol. The fourth-order valence-corrected chi connectivity index (χ4v) is 2.46. The van der Waals surface area contributed by atoms with Gasteiger partial charge in [-0.1, -0.05) is 0 Å². The number of aromatic nitrogens is 1. The summed E-state index contributed by atoms with van der Waals surface area (Å²) in [6.45, 7) is 5.09. The van der Waals surface area contributed by atoms with E-state index in [0.717, 1.165) is 30.7 Å². The number of carbonyl (C=O) groups excluding carboxylic acids is 1. The molecular formula is C12H17BrN2O2. The third kappa shape index (κ3) is 3.10. The van der Waals surface area contributed by atoms with Crippen molar-refractivity contribution < 1.29 is 9.53 Å². The highest BCUT2D eigenvalue weighted by Crippen LogP contribution is 2.15. The summed E-state index contributed by atoms with van der Waals surface area (Å²) < 4.78 is 8.15. The maximum atomic E-state index is 12.0. The van der Waals surface area contributed by atoms with E-state index < -0.39 is 0 Å². The van der Waals surface area contributed by atoms with Gasteiger partial charge in [0, 0.05) is 36.3 Å². The van der Waals surface area contributed by atoms with Crippen molar-refractivity contribution >= 4 is 21.8 Å². The van der Waals surface area contributed by atoms with E-state index in [-0.39, 0.29) is 5.91 Å². The van der Waals surface area contributed by atoms with Gasteiger partial charge in [0.15, 0.2) is 0 Å². The largest absolute Gasteiger partial charge is 0.381 e. The van der Waals surface area contributed by atoms with E-state index in [4.69, 9.17) is 4.74 Å². The van der Waals surface area contributed by atoms with Gasteiger partial charge in [0.25, 0.3) is 5.91 Å². The minimum absolute atomic E-state index is 0.00977. The van der Waals surface area contributed by atoms with E-state index in [1.165, 1.54) is 0 Å². The molecule has 1 amide bonds. The predicted molar refractivity (Wildman–Crippen MR) is 69.1 cm³/mol. The predicted octanol–water partition coefficient (Wildman–Crippen LogP) is 2.04. The van der Waals surface area contributed by atoms with Gasteiger partial charge in [-0.2, -0.15) is 0 Å². The lowest BCUT2D eigenvalue weighted by Crippen LogP contribution is -2.30. The van der Waals surface area contributed by atoms with Crippen molar-refractivity contribution in [1.82, 2.24) is 9.88 Å². The molecule has 1 aliphatic heterocycles. The lowest BCUT2D eigenvalue weighted by Gasteiger charge is -2.10. The Morgan fingerprint density at radius 2 is 2.53 bits per heavy atom. The van der Waals surface area contributed by atoms with Gasteiger partial charge in [-0.05, 0) is 35.3 Å². The number of hydrogen-bond donors (Lipinski definition) is 1. The molecule has 4 nitrogen and oxygen atoms in total. The Kier molecular flexibility index (Phi) is 4.23. The maximum Gasteiger partial charge on any atom is 0.267 e. The molecular weight excluding hydrogens is 284 g/mol. The molecule has 2 heterocycles. The number of nitrogens with one attached hydrogen (secondary N) is 1. The molecule has 2 rings (SSSR count).